The smallest absolute Gasteiger partial charge is 0.0537 e. The Morgan fingerprint density at radius 3 is 2.83 bits per heavy atom. The van der Waals surface area contributed by atoms with Gasteiger partial charge >= 0.3 is 0 Å². The van der Waals surface area contributed by atoms with Gasteiger partial charge in [0.2, 0.25) is 0 Å². The molecule has 0 heterocycles. The zero-order valence-electron chi connectivity index (χ0n) is 10.7. The van der Waals surface area contributed by atoms with Crippen molar-refractivity contribution in [1.82, 2.24) is 5.32 Å². The molecule has 0 amide bonds. The first kappa shape index (κ1) is 14.1. The molecule has 1 unspecified atom stereocenters. The Morgan fingerprint density at radius 1 is 1.39 bits per heavy atom. The highest BCUT2D eigenvalue weighted by Crippen LogP contribution is 2.33. The molecule has 1 atom stereocenters. The maximum atomic E-state index is 6.16. The van der Waals surface area contributed by atoms with Gasteiger partial charge in [-0.05, 0) is 56.0 Å². The van der Waals surface area contributed by atoms with Crippen molar-refractivity contribution in [3.05, 3.63) is 44.9 Å². The Hall–Kier alpha value is -0.310. The lowest BCUT2D eigenvalue weighted by Gasteiger charge is -2.21. The van der Waals surface area contributed by atoms with Crippen LogP contribution in [0.4, 0.5) is 0 Å². The lowest BCUT2D eigenvalue weighted by molar-refractivity contribution is 0.578. The molecular formula is C15H19BrClN. The lowest BCUT2D eigenvalue weighted by Crippen LogP contribution is -2.23. The average molecular weight is 329 g/mol. The van der Waals surface area contributed by atoms with Crippen molar-refractivity contribution < 1.29 is 0 Å². The molecule has 1 aromatic rings. The first-order chi connectivity index (χ1) is 8.70. The highest BCUT2D eigenvalue weighted by molar-refractivity contribution is 9.10. The van der Waals surface area contributed by atoms with Gasteiger partial charge in [0.1, 0.15) is 0 Å². The summed E-state index contributed by atoms with van der Waals surface area (Å²) in [5.41, 5.74) is 2.77. The molecule has 1 N–H and O–H groups in total. The van der Waals surface area contributed by atoms with Crippen LogP contribution in [0.15, 0.2) is 34.3 Å². The molecular weight excluding hydrogens is 310 g/mol. The summed E-state index contributed by atoms with van der Waals surface area (Å²) in [6.45, 7) is 3.23. The van der Waals surface area contributed by atoms with Gasteiger partial charge in [-0.25, -0.2) is 0 Å². The summed E-state index contributed by atoms with van der Waals surface area (Å²) in [7, 11) is 0. The fraction of sp³-hybridized carbons (Fsp3) is 0.467. The maximum Gasteiger partial charge on any atom is 0.0537 e. The van der Waals surface area contributed by atoms with Crippen LogP contribution in [-0.4, -0.2) is 6.54 Å². The van der Waals surface area contributed by atoms with E-state index in [0.717, 1.165) is 22.5 Å². The molecule has 0 aliphatic heterocycles. The van der Waals surface area contributed by atoms with E-state index in [4.69, 9.17) is 11.6 Å². The van der Waals surface area contributed by atoms with E-state index in [0.29, 0.717) is 6.04 Å². The normalized spacial score (nSPS) is 16.7. The highest BCUT2D eigenvalue weighted by Gasteiger charge is 2.19. The minimum Gasteiger partial charge on any atom is -0.307 e. The standard InChI is InChI=1S/C15H19BrClN/c1-2-7-18-15(11-5-3-4-6-11)12-8-13(16)10-14(17)9-12/h5,8-10,15,18H,2-4,6-7H2,1H3. The van der Waals surface area contributed by atoms with Crippen LogP contribution in [0.5, 0.6) is 0 Å². The molecule has 3 heteroatoms. The molecule has 1 aromatic carbocycles. The predicted molar refractivity (Wildman–Crippen MR) is 82.1 cm³/mol. The van der Waals surface area contributed by atoms with E-state index in [9.17, 15) is 0 Å². The molecule has 0 spiro atoms. The summed E-state index contributed by atoms with van der Waals surface area (Å²) < 4.78 is 1.05. The molecule has 0 bridgehead atoms. The number of rotatable bonds is 5. The number of nitrogens with one attached hydrogen (secondary N) is 1. The summed E-state index contributed by atoms with van der Waals surface area (Å²) in [5, 5.41) is 4.43. The fourth-order valence-corrected chi connectivity index (χ4v) is 3.34. The Bertz CT molecular complexity index is 422. The predicted octanol–water partition coefficient (Wildman–Crippen LogP) is 5.25. The molecule has 0 saturated heterocycles. The van der Waals surface area contributed by atoms with Crippen molar-refractivity contribution in [2.75, 3.05) is 6.54 Å². The van der Waals surface area contributed by atoms with E-state index >= 15 is 0 Å². The number of hydrogen-bond acceptors (Lipinski definition) is 1. The highest BCUT2D eigenvalue weighted by atomic mass is 79.9. The van der Waals surface area contributed by atoms with Crippen LogP contribution in [-0.2, 0) is 0 Å². The summed E-state index contributed by atoms with van der Waals surface area (Å²) in [5.74, 6) is 0. The quantitative estimate of drug-likeness (QED) is 0.728. The summed E-state index contributed by atoms with van der Waals surface area (Å²) in [6, 6.07) is 6.49. The Labute approximate surface area is 123 Å². The monoisotopic (exact) mass is 327 g/mol. The van der Waals surface area contributed by atoms with Gasteiger partial charge in [-0.2, -0.15) is 0 Å². The Balaban J connectivity index is 2.26. The molecule has 18 heavy (non-hydrogen) atoms. The maximum absolute atomic E-state index is 6.16. The van der Waals surface area contributed by atoms with Crippen LogP contribution < -0.4 is 5.32 Å². The van der Waals surface area contributed by atoms with Crippen molar-refractivity contribution in [2.45, 2.75) is 38.6 Å². The van der Waals surface area contributed by atoms with Crippen molar-refractivity contribution in [3.63, 3.8) is 0 Å². The average Bonchev–Trinajstić information content (AvgIpc) is 2.82. The zero-order chi connectivity index (χ0) is 13.0. The van der Waals surface area contributed by atoms with Gasteiger partial charge in [-0.15, -0.1) is 0 Å². The molecule has 0 aromatic heterocycles. The van der Waals surface area contributed by atoms with E-state index in [1.54, 1.807) is 0 Å². The van der Waals surface area contributed by atoms with E-state index in [1.165, 1.54) is 30.4 Å². The third-order valence-corrected chi connectivity index (χ3v) is 3.94. The van der Waals surface area contributed by atoms with Crippen molar-refractivity contribution in [1.29, 1.82) is 0 Å². The van der Waals surface area contributed by atoms with Gasteiger partial charge in [0.15, 0.2) is 0 Å². The van der Waals surface area contributed by atoms with Crippen LogP contribution in [0.25, 0.3) is 0 Å². The van der Waals surface area contributed by atoms with Crippen molar-refractivity contribution in [2.24, 2.45) is 0 Å². The van der Waals surface area contributed by atoms with Crippen molar-refractivity contribution in [3.8, 4) is 0 Å². The van der Waals surface area contributed by atoms with Gasteiger partial charge in [0, 0.05) is 9.50 Å². The fourth-order valence-electron chi connectivity index (χ4n) is 2.45. The molecule has 1 nitrogen and oxygen atoms in total. The van der Waals surface area contributed by atoms with Crippen LogP contribution in [0, 0.1) is 0 Å². The van der Waals surface area contributed by atoms with Crippen LogP contribution in [0.2, 0.25) is 5.02 Å². The molecule has 1 aliphatic carbocycles. The molecule has 2 rings (SSSR count). The second-order valence-corrected chi connectivity index (χ2v) is 6.11. The summed E-state index contributed by atoms with van der Waals surface area (Å²) in [6.07, 6.45) is 7.21. The minimum atomic E-state index is 0.322. The van der Waals surface area contributed by atoms with E-state index < -0.39 is 0 Å². The largest absolute Gasteiger partial charge is 0.307 e. The zero-order valence-corrected chi connectivity index (χ0v) is 13.0. The molecule has 0 saturated carbocycles. The third kappa shape index (κ3) is 3.59. The topological polar surface area (TPSA) is 12.0 Å². The molecule has 98 valence electrons. The van der Waals surface area contributed by atoms with Gasteiger partial charge in [-0.3, -0.25) is 0 Å². The van der Waals surface area contributed by atoms with E-state index in [2.05, 4.69) is 46.4 Å². The number of halogens is 2. The van der Waals surface area contributed by atoms with Gasteiger partial charge in [-0.1, -0.05) is 46.1 Å². The second kappa shape index (κ2) is 6.74. The molecule has 0 fully saturated rings. The molecule has 0 radical (unpaired) electrons. The number of benzene rings is 1. The second-order valence-electron chi connectivity index (χ2n) is 4.76. The number of hydrogen-bond donors (Lipinski definition) is 1. The minimum absolute atomic E-state index is 0.322. The number of allylic oxidation sites excluding steroid dienone is 1. The van der Waals surface area contributed by atoms with Gasteiger partial charge < -0.3 is 5.32 Å². The Kier molecular flexibility index (Phi) is 5.28. The van der Waals surface area contributed by atoms with E-state index in [-0.39, 0.29) is 0 Å². The van der Waals surface area contributed by atoms with Crippen LogP contribution >= 0.6 is 27.5 Å². The van der Waals surface area contributed by atoms with Crippen LogP contribution in [0.3, 0.4) is 0 Å². The van der Waals surface area contributed by atoms with Gasteiger partial charge in [0.25, 0.3) is 0 Å². The first-order valence-corrected chi connectivity index (χ1v) is 7.76. The SMILES string of the molecule is CCCNC(C1=CCCC1)c1cc(Cl)cc(Br)c1. The molecule has 1 aliphatic rings. The van der Waals surface area contributed by atoms with Gasteiger partial charge in [0.05, 0.1) is 6.04 Å². The van der Waals surface area contributed by atoms with Crippen LogP contribution in [0.1, 0.15) is 44.2 Å². The van der Waals surface area contributed by atoms with Crippen molar-refractivity contribution >= 4 is 27.5 Å². The first-order valence-electron chi connectivity index (χ1n) is 6.59. The third-order valence-electron chi connectivity index (χ3n) is 3.26. The summed E-state index contributed by atoms with van der Waals surface area (Å²) >= 11 is 9.68. The lowest BCUT2D eigenvalue weighted by atomic mass is 9.98. The van der Waals surface area contributed by atoms with E-state index in [1.807, 2.05) is 6.07 Å². The Morgan fingerprint density at radius 2 is 2.22 bits per heavy atom. The summed E-state index contributed by atoms with van der Waals surface area (Å²) in [4.78, 5) is 0.